The van der Waals surface area contributed by atoms with Crippen LogP contribution in [0.15, 0.2) is 6.20 Å². The standard InChI is InChI=1S/C16H23N5O2/c1-2-6-12(22)11-9-18-14-13(19-11)15(21-16(17)20-14)23-10-7-4-3-5-8-10/h9-10,12,22H,2-8H2,1H3,(H2,17,18,20,21)/t12-/m1/s1. The van der Waals surface area contributed by atoms with Crippen LogP contribution < -0.4 is 10.5 Å². The van der Waals surface area contributed by atoms with Gasteiger partial charge >= 0.3 is 0 Å². The predicted molar refractivity (Wildman–Crippen MR) is 86.9 cm³/mol. The van der Waals surface area contributed by atoms with Gasteiger partial charge in [0.25, 0.3) is 0 Å². The number of aliphatic hydroxyl groups excluding tert-OH is 1. The third kappa shape index (κ3) is 3.67. The Bertz CT molecular complexity index is 673. The second-order valence-corrected chi connectivity index (χ2v) is 6.04. The number of nitrogens with zero attached hydrogens (tertiary/aromatic N) is 4. The molecule has 124 valence electrons. The molecule has 0 aromatic carbocycles. The molecule has 0 unspecified atom stereocenters. The van der Waals surface area contributed by atoms with E-state index in [1.54, 1.807) is 6.20 Å². The van der Waals surface area contributed by atoms with Gasteiger partial charge in [0.2, 0.25) is 11.8 Å². The van der Waals surface area contributed by atoms with Crippen LogP contribution in [0.3, 0.4) is 0 Å². The second-order valence-electron chi connectivity index (χ2n) is 6.04. The van der Waals surface area contributed by atoms with Gasteiger partial charge in [-0.15, -0.1) is 0 Å². The van der Waals surface area contributed by atoms with Crippen molar-refractivity contribution < 1.29 is 9.84 Å². The topological polar surface area (TPSA) is 107 Å². The van der Waals surface area contributed by atoms with Crippen molar-refractivity contribution in [1.82, 2.24) is 19.9 Å². The SMILES string of the molecule is CCC[C@@H](O)c1cnc2nc(N)nc(OC3CCCCC3)c2n1. The van der Waals surface area contributed by atoms with Gasteiger partial charge in [-0.05, 0) is 32.1 Å². The number of aliphatic hydroxyl groups is 1. The number of hydrogen-bond acceptors (Lipinski definition) is 7. The molecule has 0 amide bonds. The molecular weight excluding hydrogens is 294 g/mol. The van der Waals surface area contributed by atoms with Crippen molar-refractivity contribution in [2.45, 2.75) is 64.1 Å². The van der Waals surface area contributed by atoms with Crippen molar-refractivity contribution in [2.75, 3.05) is 5.73 Å². The van der Waals surface area contributed by atoms with Gasteiger partial charge in [0.05, 0.1) is 18.0 Å². The molecule has 1 saturated carbocycles. The molecular formula is C16H23N5O2. The quantitative estimate of drug-likeness (QED) is 0.872. The lowest BCUT2D eigenvalue weighted by molar-refractivity contribution is 0.150. The summed E-state index contributed by atoms with van der Waals surface area (Å²) in [6.07, 6.45) is 8.13. The molecule has 1 atom stereocenters. The van der Waals surface area contributed by atoms with Gasteiger partial charge in [-0.3, -0.25) is 0 Å². The van der Waals surface area contributed by atoms with Crippen LogP contribution in [0.5, 0.6) is 5.88 Å². The zero-order valence-electron chi connectivity index (χ0n) is 13.4. The number of nitrogen functional groups attached to an aromatic ring is 1. The summed E-state index contributed by atoms with van der Waals surface area (Å²) in [4.78, 5) is 17.1. The molecule has 3 rings (SSSR count). The smallest absolute Gasteiger partial charge is 0.247 e. The fourth-order valence-electron chi connectivity index (χ4n) is 2.92. The molecule has 0 aliphatic heterocycles. The highest BCUT2D eigenvalue weighted by Crippen LogP contribution is 2.27. The maximum atomic E-state index is 10.1. The third-order valence-electron chi connectivity index (χ3n) is 4.14. The van der Waals surface area contributed by atoms with Crippen molar-refractivity contribution in [3.8, 4) is 5.88 Å². The van der Waals surface area contributed by atoms with E-state index in [4.69, 9.17) is 10.5 Å². The molecule has 1 aliphatic rings. The van der Waals surface area contributed by atoms with Crippen molar-refractivity contribution in [3.63, 3.8) is 0 Å². The molecule has 1 aliphatic carbocycles. The summed E-state index contributed by atoms with van der Waals surface area (Å²) in [7, 11) is 0. The average molecular weight is 317 g/mol. The van der Waals surface area contributed by atoms with E-state index in [0.717, 1.165) is 32.1 Å². The second kappa shape index (κ2) is 7.04. The van der Waals surface area contributed by atoms with E-state index in [2.05, 4.69) is 19.9 Å². The highest BCUT2D eigenvalue weighted by molar-refractivity contribution is 5.76. The Kier molecular flexibility index (Phi) is 4.85. The Morgan fingerprint density at radius 1 is 1.26 bits per heavy atom. The van der Waals surface area contributed by atoms with Crippen LogP contribution in [0.1, 0.15) is 63.7 Å². The van der Waals surface area contributed by atoms with Gasteiger partial charge in [0.15, 0.2) is 11.2 Å². The van der Waals surface area contributed by atoms with Gasteiger partial charge in [0, 0.05) is 0 Å². The molecule has 23 heavy (non-hydrogen) atoms. The number of anilines is 1. The Labute approximate surface area is 135 Å². The summed E-state index contributed by atoms with van der Waals surface area (Å²) >= 11 is 0. The van der Waals surface area contributed by atoms with Crippen molar-refractivity contribution in [3.05, 3.63) is 11.9 Å². The highest BCUT2D eigenvalue weighted by Gasteiger charge is 2.20. The largest absolute Gasteiger partial charge is 0.473 e. The Morgan fingerprint density at radius 2 is 2.04 bits per heavy atom. The molecule has 0 saturated heterocycles. The number of hydrogen-bond donors (Lipinski definition) is 2. The first-order chi connectivity index (χ1) is 11.2. The average Bonchev–Trinajstić information content (AvgIpc) is 2.55. The summed E-state index contributed by atoms with van der Waals surface area (Å²) in [5, 5.41) is 10.1. The number of fused-ring (bicyclic) bond motifs is 1. The first-order valence-electron chi connectivity index (χ1n) is 8.32. The Hall–Kier alpha value is -2.02. The summed E-state index contributed by atoms with van der Waals surface area (Å²) in [5.41, 5.74) is 7.14. The van der Waals surface area contributed by atoms with Crippen LogP contribution in [0.2, 0.25) is 0 Å². The Morgan fingerprint density at radius 3 is 2.78 bits per heavy atom. The lowest BCUT2D eigenvalue weighted by Gasteiger charge is -2.22. The molecule has 0 radical (unpaired) electrons. The van der Waals surface area contributed by atoms with Crippen molar-refractivity contribution in [2.24, 2.45) is 0 Å². The van der Waals surface area contributed by atoms with Crippen LogP contribution >= 0.6 is 0 Å². The third-order valence-corrected chi connectivity index (χ3v) is 4.14. The summed E-state index contributed by atoms with van der Waals surface area (Å²) in [6, 6.07) is 0. The Balaban J connectivity index is 1.95. The fraction of sp³-hybridized carbons (Fsp3) is 0.625. The lowest BCUT2D eigenvalue weighted by Crippen LogP contribution is -2.21. The molecule has 2 aromatic heterocycles. The first kappa shape index (κ1) is 15.9. The molecule has 1 fully saturated rings. The maximum Gasteiger partial charge on any atom is 0.247 e. The van der Waals surface area contributed by atoms with Crippen LogP contribution in [0, 0.1) is 0 Å². The highest BCUT2D eigenvalue weighted by atomic mass is 16.5. The van der Waals surface area contributed by atoms with E-state index < -0.39 is 6.10 Å². The number of rotatable bonds is 5. The normalized spacial score (nSPS) is 17.3. The zero-order chi connectivity index (χ0) is 16.2. The van der Waals surface area contributed by atoms with Gasteiger partial charge in [-0.2, -0.15) is 9.97 Å². The fourth-order valence-corrected chi connectivity index (χ4v) is 2.92. The van der Waals surface area contributed by atoms with Crippen LogP contribution in [0.4, 0.5) is 5.95 Å². The molecule has 7 nitrogen and oxygen atoms in total. The maximum absolute atomic E-state index is 10.1. The van der Waals surface area contributed by atoms with Gasteiger partial charge in [-0.1, -0.05) is 19.8 Å². The zero-order valence-corrected chi connectivity index (χ0v) is 13.4. The van der Waals surface area contributed by atoms with Crippen LogP contribution in [0.25, 0.3) is 11.2 Å². The van der Waals surface area contributed by atoms with Crippen LogP contribution in [-0.4, -0.2) is 31.1 Å². The van der Waals surface area contributed by atoms with E-state index >= 15 is 0 Å². The van der Waals surface area contributed by atoms with E-state index in [-0.39, 0.29) is 12.1 Å². The van der Waals surface area contributed by atoms with E-state index in [9.17, 15) is 5.11 Å². The minimum atomic E-state index is -0.642. The molecule has 7 heteroatoms. The molecule has 0 bridgehead atoms. The monoisotopic (exact) mass is 317 g/mol. The van der Waals surface area contributed by atoms with Gasteiger partial charge < -0.3 is 15.6 Å². The minimum absolute atomic E-state index is 0.125. The minimum Gasteiger partial charge on any atom is -0.473 e. The molecule has 0 spiro atoms. The van der Waals surface area contributed by atoms with E-state index in [1.165, 1.54) is 6.42 Å². The summed E-state index contributed by atoms with van der Waals surface area (Å²) < 4.78 is 6.03. The van der Waals surface area contributed by atoms with Crippen molar-refractivity contribution in [1.29, 1.82) is 0 Å². The van der Waals surface area contributed by atoms with E-state index in [1.807, 2.05) is 6.92 Å². The summed E-state index contributed by atoms with van der Waals surface area (Å²) in [5.74, 6) is 0.497. The number of aromatic nitrogens is 4. The van der Waals surface area contributed by atoms with E-state index in [0.29, 0.717) is 29.2 Å². The van der Waals surface area contributed by atoms with Gasteiger partial charge in [-0.25, -0.2) is 9.97 Å². The predicted octanol–water partition coefficient (Wildman–Crippen LogP) is 2.55. The van der Waals surface area contributed by atoms with Crippen LogP contribution in [-0.2, 0) is 0 Å². The van der Waals surface area contributed by atoms with Crippen molar-refractivity contribution >= 4 is 17.1 Å². The lowest BCUT2D eigenvalue weighted by atomic mass is 9.98. The molecule has 3 N–H and O–H groups in total. The first-order valence-corrected chi connectivity index (χ1v) is 8.32. The number of nitrogens with two attached hydrogens (primary N) is 1. The molecule has 2 aromatic rings. The summed E-state index contributed by atoms with van der Waals surface area (Å²) in [6.45, 7) is 2.01. The molecule has 2 heterocycles. The van der Waals surface area contributed by atoms with Gasteiger partial charge in [0.1, 0.15) is 6.10 Å². The number of ether oxygens (including phenoxy) is 1.